The Morgan fingerprint density at radius 2 is 2.04 bits per heavy atom. The number of nitrogens with one attached hydrogen (secondary N) is 1. The predicted molar refractivity (Wildman–Crippen MR) is 89.7 cm³/mol. The molecule has 1 aromatic heterocycles. The van der Waals surface area contributed by atoms with Crippen LogP contribution in [0.4, 0.5) is 0 Å². The van der Waals surface area contributed by atoms with Gasteiger partial charge < -0.3 is 10.4 Å². The first-order valence-corrected chi connectivity index (χ1v) is 8.66. The van der Waals surface area contributed by atoms with Gasteiger partial charge in [0, 0.05) is 11.3 Å². The van der Waals surface area contributed by atoms with Crippen LogP contribution in [0, 0.1) is 0 Å². The number of benzene rings is 1. The Hall–Kier alpha value is -2.14. The van der Waals surface area contributed by atoms with Crippen molar-refractivity contribution in [3.05, 3.63) is 57.8 Å². The van der Waals surface area contributed by atoms with Crippen LogP contribution < -0.4 is 5.32 Å². The molecule has 2 atom stereocenters. The summed E-state index contributed by atoms with van der Waals surface area (Å²) < 4.78 is 0. The molecule has 2 unspecified atom stereocenters. The molecule has 0 spiro atoms. The second kappa shape index (κ2) is 6.96. The molecule has 120 valence electrons. The molecule has 1 amide bonds. The lowest BCUT2D eigenvalue weighted by Gasteiger charge is -2.24. The minimum Gasteiger partial charge on any atom is -0.480 e. The second-order valence-corrected chi connectivity index (χ2v) is 6.83. The van der Waals surface area contributed by atoms with Crippen LogP contribution in [-0.4, -0.2) is 23.0 Å². The van der Waals surface area contributed by atoms with E-state index in [0.29, 0.717) is 6.42 Å². The van der Waals surface area contributed by atoms with Crippen LogP contribution in [0.1, 0.15) is 34.8 Å². The van der Waals surface area contributed by atoms with E-state index in [0.717, 1.165) is 30.4 Å². The fourth-order valence-corrected chi connectivity index (χ4v) is 4.07. The lowest BCUT2D eigenvalue weighted by atomic mass is 9.87. The van der Waals surface area contributed by atoms with Crippen molar-refractivity contribution in [1.82, 2.24) is 5.32 Å². The van der Waals surface area contributed by atoms with Gasteiger partial charge in [0.25, 0.3) is 0 Å². The van der Waals surface area contributed by atoms with Crippen LogP contribution in [0.2, 0.25) is 0 Å². The van der Waals surface area contributed by atoms with Crippen LogP contribution in [0.25, 0.3) is 0 Å². The smallest absolute Gasteiger partial charge is 0.326 e. The van der Waals surface area contributed by atoms with Crippen LogP contribution >= 0.6 is 11.3 Å². The highest BCUT2D eigenvalue weighted by atomic mass is 32.1. The van der Waals surface area contributed by atoms with Gasteiger partial charge in [-0.2, -0.15) is 0 Å². The van der Waals surface area contributed by atoms with E-state index < -0.39 is 12.0 Å². The topological polar surface area (TPSA) is 66.4 Å². The van der Waals surface area contributed by atoms with E-state index in [-0.39, 0.29) is 11.8 Å². The van der Waals surface area contributed by atoms with Crippen molar-refractivity contribution in [2.24, 2.45) is 0 Å². The van der Waals surface area contributed by atoms with Crippen LogP contribution in [0.15, 0.2) is 41.8 Å². The first-order chi connectivity index (χ1) is 11.1. The maximum Gasteiger partial charge on any atom is 0.326 e. The zero-order valence-electron chi connectivity index (χ0n) is 12.7. The van der Waals surface area contributed by atoms with Gasteiger partial charge in [0.15, 0.2) is 0 Å². The number of hydrogen-bond donors (Lipinski definition) is 2. The van der Waals surface area contributed by atoms with Gasteiger partial charge in [-0.1, -0.05) is 30.3 Å². The van der Waals surface area contributed by atoms with Crippen LogP contribution in [0.5, 0.6) is 0 Å². The summed E-state index contributed by atoms with van der Waals surface area (Å²) in [7, 11) is 0. The van der Waals surface area contributed by atoms with E-state index in [4.69, 9.17) is 0 Å². The molecule has 1 heterocycles. The summed E-state index contributed by atoms with van der Waals surface area (Å²) in [6.07, 6.45) is 3.07. The van der Waals surface area contributed by atoms with E-state index in [1.165, 1.54) is 4.88 Å². The van der Waals surface area contributed by atoms with Gasteiger partial charge >= 0.3 is 5.97 Å². The molecule has 0 bridgehead atoms. The molecule has 23 heavy (non-hydrogen) atoms. The van der Waals surface area contributed by atoms with E-state index in [9.17, 15) is 14.7 Å². The first kappa shape index (κ1) is 15.7. The minimum absolute atomic E-state index is 0.173. The number of aryl methyl sites for hydroxylation is 1. The van der Waals surface area contributed by atoms with Crippen molar-refractivity contribution in [2.45, 2.75) is 37.6 Å². The first-order valence-electron chi connectivity index (χ1n) is 7.78. The zero-order valence-corrected chi connectivity index (χ0v) is 13.5. The molecule has 0 fully saturated rings. The molecule has 3 rings (SSSR count). The summed E-state index contributed by atoms with van der Waals surface area (Å²) in [5.41, 5.74) is 1.97. The number of carboxylic acid groups (broad SMARTS) is 1. The summed E-state index contributed by atoms with van der Waals surface area (Å²) >= 11 is 1.68. The minimum atomic E-state index is -0.997. The fourth-order valence-electron chi connectivity index (χ4n) is 3.08. The van der Waals surface area contributed by atoms with Crippen molar-refractivity contribution < 1.29 is 14.7 Å². The van der Waals surface area contributed by atoms with E-state index in [1.807, 2.05) is 41.8 Å². The summed E-state index contributed by atoms with van der Waals surface area (Å²) in [5.74, 6) is -1.39. The molecule has 4 nitrogen and oxygen atoms in total. The number of fused-ring (bicyclic) bond motifs is 1. The Morgan fingerprint density at radius 3 is 2.78 bits per heavy atom. The highest BCUT2D eigenvalue weighted by Gasteiger charge is 2.30. The molecule has 0 radical (unpaired) electrons. The SMILES string of the molecule is O=C(O)C(Cc1ccccc1)NC(=O)C1CCCc2sccc21. The molecule has 1 aliphatic rings. The Kier molecular flexibility index (Phi) is 4.76. The molecule has 5 heteroatoms. The maximum atomic E-state index is 12.6. The maximum absolute atomic E-state index is 12.6. The van der Waals surface area contributed by atoms with E-state index in [1.54, 1.807) is 11.3 Å². The number of carbonyl (C=O) groups excluding carboxylic acids is 1. The van der Waals surface area contributed by atoms with Gasteiger partial charge in [0.05, 0.1) is 5.92 Å². The van der Waals surface area contributed by atoms with Gasteiger partial charge in [0.1, 0.15) is 6.04 Å². The number of rotatable bonds is 5. The monoisotopic (exact) mass is 329 g/mol. The fraction of sp³-hybridized carbons (Fsp3) is 0.333. The lowest BCUT2D eigenvalue weighted by Crippen LogP contribution is -2.44. The van der Waals surface area contributed by atoms with E-state index >= 15 is 0 Å². The molecule has 2 N–H and O–H groups in total. The van der Waals surface area contributed by atoms with Gasteiger partial charge in [-0.25, -0.2) is 4.79 Å². The Bertz CT molecular complexity index is 695. The van der Waals surface area contributed by atoms with E-state index in [2.05, 4.69) is 5.32 Å². The average Bonchev–Trinajstić information content (AvgIpc) is 3.03. The molecule has 0 saturated carbocycles. The molecule has 0 saturated heterocycles. The largest absolute Gasteiger partial charge is 0.480 e. The number of carbonyl (C=O) groups is 2. The number of thiophene rings is 1. The summed E-state index contributed by atoms with van der Waals surface area (Å²) in [4.78, 5) is 25.4. The van der Waals surface area contributed by atoms with Crippen molar-refractivity contribution >= 4 is 23.2 Å². The standard InChI is InChI=1S/C18H19NO3S/c20-17(14-7-4-8-16-13(14)9-10-23-16)19-15(18(21)22)11-12-5-2-1-3-6-12/h1-3,5-6,9-10,14-15H,4,7-8,11H2,(H,19,20)(H,21,22). The molecule has 1 aromatic carbocycles. The van der Waals surface area contributed by atoms with Crippen molar-refractivity contribution in [3.8, 4) is 0 Å². The molecule has 1 aliphatic carbocycles. The summed E-state index contributed by atoms with van der Waals surface area (Å²) in [6.45, 7) is 0. The number of amides is 1. The third kappa shape index (κ3) is 3.62. The third-order valence-corrected chi connectivity index (χ3v) is 5.26. The quantitative estimate of drug-likeness (QED) is 0.886. The Balaban J connectivity index is 1.71. The molecule has 2 aromatic rings. The number of aliphatic carboxylic acids is 1. The molecule has 0 aliphatic heterocycles. The van der Waals surface area contributed by atoms with Gasteiger partial charge in [0.2, 0.25) is 5.91 Å². The third-order valence-electron chi connectivity index (χ3n) is 4.27. The van der Waals surface area contributed by atoms with Crippen LogP contribution in [0.3, 0.4) is 0 Å². The highest BCUT2D eigenvalue weighted by Crippen LogP contribution is 2.35. The van der Waals surface area contributed by atoms with Crippen molar-refractivity contribution in [3.63, 3.8) is 0 Å². The van der Waals surface area contributed by atoms with Gasteiger partial charge in [-0.15, -0.1) is 11.3 Å². The predicted octanol–water partition coefficient (Wildman–Crippen LogP) is 2.98. The highest BCUT2D eigenvalue weighted by molar-refractivity contribution is 7.10. The number of carboxylic acids is 1. The molecular formula is C18H19NO3S. The zero-order chi connectivity index (χ0) is 16.2. The average molecular weight is 329 g/mol. The van der Waals surface area contributed by atoms with Gasteiger partial charge in [-0.05, 0) is 41.8 Å². The summed E-state index contributed by atoms with van der Waals surface area (Å²) in [6, 6.07) is 10.5. The van der Waals surface area contributed by atoms with Crippen molar-refractivity contribution in [2.75, 3.05) is 0 Å². The number of hydrogen-bond acceptors (Lipinski definition) is 3. The Morgan fingerprint density at radius 1 is 1.26 bits per heavy atom. The van der Waals surface area contributed by atoms with Crippen molar-refractivity contribution in [1.29, 1.82) is 0 Å². The molecular weight excluding hydrogens is 310 g/mol. The van der Waals surface area contributed by atoms with Crippen LogP contribution in [-0.2, 0) is 22.4 Å². The lowest BCUT2D eigenvalue weighted by molar-refractivity contribution is -0.142. The second-order valence-electron chi connectivity index (χ2n) is 5.83. The normalized spacial score (nSPS) is 18.0. The van der Waals surface area contributed by atoms with Gasteiger partial charge in [-0.3, -0.25) is 4.79 Å². The Labute approximate surface area is 139 Å². The summed E-state index contributed by atoms with van der Waals surface area (Å²) in [5, 5.41) is 14.2.